The molecule has 0 aromatic heterocycles. The number of hydrogen-bond acceptors (Lipinski definition) is 6. The van der Waals surface area contributed by atoms with Crippen molar-refractivity contribution < 1.29 is 29.0 Å². The van der Waals surface area contributed by atoms with Gasteiger partial charge in [-0.15, -0.1) is 11.8 Å². The number of ether oxygens (including phenoxy) is 2. The zero-order chi connectivity index (χ0) is 23.8. The Morgan fingerprint density at radius 1 is 0.970 bits per heavy atom. The summed E-state index contributed by atoms with van der Waals surface area (Å²) in [4.78, 5) is 37.2. The number of carbonyl (C=O) groups is 3. The van der Waals surface area contributed by atoms with Gasteiger partial charge in [0, 0.05) is 16.6 Å². The van der Waals surface area contributed by atoms with Gasteiger partial charge in [-0.2, -0.15) is 0 Å². The lowest BCUT2D eigenvalue weighted by Crippen LogP contribution is -2.34. The minimum absolute atomic E-state index is 0.189. The first-order chi connectivity index (χ1) is 15.9. The first-order valence-corrected chi connectivity index (χ1v) is 11.3. The van der Waals surface area contributed by atoms with Crippen LogP contribution in [0, 0.1) is 11.8 Å². The predicted molar refractivity (Wildman–Crippen MR) is 127 cm³/mol. The van der Waals surface area contributed by atoms with Crippen LogP contribution in [0.5, 0.6) is 11.5 Å². The number of anilines is 2. The highest BCUT2D eigenvalue weighted by Gasteiger charge is 2.33. The molecule has 33 heavy (non-hydrogen) atoms. The summed E-state index contributed by atoms with van der Waals surface area (Å²) < 4.78 is 10.4. The number of nitrogens with one attached hydrogen (secondary N) is 2. The van der Waals surface area contributed by atoms with Crippen molar-refractivity contribution in [1.29, 1.82) is 0 Å². The van der Waals surface area contributed by atoms with Gasteiger partial charge in [0.2, 0.25) is 11.8 Å². The topological polar surface area (TPSA) is 114 Å². The summed E-state index contributed by atoms with van der Waals surface area (Å²) >= 11 is 1.35. The number of amides is 2. The van der Waals surface area contributed by atoms with E-state index in [2.05, 4.69) is 10.6 Å². The molecule has 2 aromatic carbocycles. The lowest BCUT2D eigenvalue weighted by molar-refractivity contribution is -0.146. The van der Waals surface area contributed by atoms with Gasteiger partial charge in [-0.05, 0) is 49.2 Å². The second kappa shape index (κ2) is 11.4. The molecule has 8 nitrogen and oxygen atoms in total. The van der Waals surface area contributed by atoms with Crippen molar-refractivity contribution in [3.63, 3.8) is 0 Å². The van der Waals surface area contributed by atoms with Crippen molar-refractivity contribution in [3.8, 4) is 11.5 Å². The largest absolute Gasteiger partial charge is 0.497 e. The third-order valence-corrected chi connectivity index (χ3v) is 6.27. The fourth-order valence-electron chi connectivity index (χ4n) is 3.48. The van der Waals surface area contributed by atoms with Crippen molar-refractivity contribution in [2.75, 3.05) is 30.6 Å². The second-order valence-corrected chi connectivity index (χ2v) is 8.46. The highest BCUT2D eigenvalue weighted by atomic mass is 32.2. The van der Waals surface area contributed by atoms with Crippen LogP contribution in [0.25, 0.3) is 0 Å². The van der Waals surface area contributed by atoms with Crippen molar-refractivity contribution >= 4 is 40.9 Å². The van der Waals surface area contributed by atoms with E-state index in [1.54, 1.807) is 55.7 Å². The molecule has 2 amide bonds. The number of carboxylic acid groups (broad SMARTS) is 1. The van der Waals surface area contributed by atoms with Gasteiger partial charge in [0.05, 0.1) is 37.5 Å². The van der Waals surface area contributed by atoms with Crippen LogP contribution in [-0.4, -0.2) is 42.9 Å². The number of carboxylic acids is 1. The molecule has 0 radical (unpaired) electrons. The number of allylic oxidation sites excluding steroid dienone is 2. The maximum Gasteiger partial charge on any atom is 0.307 e. The van der Waals surface area contributed by atoms with Crippen LogP contribution < -0.4 is 20.1 Å². The van der Waals surface area contributed by atoms with E-state index in [0.717, 1.165) is 4.90 Å². The van der Waals surface area contributed by atoms with Crippen molar-refractivity contribution in [2.24, 2.45) is 11.8 Å². The van der Waals surface area contributed by atoms with Crippen LogP contribution >= 0.6 is 11.8 Å². The van der Waals surface area contributed by atoms with E-state index >= 15 is 0 Å². The molecule has 0 saturated carbocycles. The van der Waals surface area contributed by atoms with Crippen LogP contribution in [-0.2, 0) is 14.4 Å². The number of methoxy groups -OCH3 is 2. The Kier molecular flexibility index (Phi) is 8.37. The van der Waals surface area contributed by atoms with Gasteiger partial charge in [-0.1, -0.05) is 12.2 Å². The average Bonchev–Trinajstić information content (AvgIpc) is 2.83. The minimum Gasteiger partial charge on any atom is -0.497 e. The van der Waals surface area contributed by atoms with Gasteiger partial charge >= 0.3 is 5.97 Å². The van der Waals surface area contributed by atoms with E-state index in [1.807, 2.05) is 6.08 Å². The quantitative estimate of drug-likeness (QED) is 0.374. The molecule has 0 bridgehead atoms. The normalized spacial score (nSPS) is 17.2. The summed E-state index contributed by atoms with van der Waals surface area (Å²) in [5.41, 5.74) is 1.13. The number of hydrogen-bond donors (Lipinski definition) is 3. The molecule has 2 unspecified atom stereocenters. The fraction of sp³-hybridized carbons (Fsp3) is 0.292. The number of benzene rings is 2. The zero-order valence-corrected chi connectivity index (χ0v) is 19.2. The van der Waals surface area contributed by atoms with Gasteiger partial charge in [0.25, 0.3) is 0 Å². The number of thioether (sulfide) groups is 1. The lowest BCUT2D eigenvalue weighted by atomic mass is 9.82. The monoisotopic (exact) mass is 470 g/mol. The third kappa shape index (κ3) is 6.52. The van der Waals surface area contributed by atoms with E-state index in [-0.39, 0.29) is 17.6 Å². The van der Waals surface area contributed by atoms with E-state index in [9.17, 15) is 19.5 Å². The lowest BCUT2D eigenvalue weighted by Gasteiger charge is -2.24. The SMILES string of the molecule is COc1ccc(NC(=O)CSc2ccc(NC(=O)C3CC=CCC3C(=O)O)cc2)c(OC)c1. The average molecular weight is 471 g/mol. The fourth-order valence-corrected chi connectivity index (χ4v) is 4.18. The van der Waals surface area contributed by atoms with Crippen LogP contribution in [0.2, 0.25) is 0 Å². The van der Waals surface area contributed by atoms with Gasteiger partial charge in [-0.25, -0.2) is 0 Å². The molecule has 9 heteroatoms. The molecule has 0 fully saturated rings. The smallest absolute Gasteiger partial charge is 0.307 e. The molecule has 1 aliphatic rings. The molecule has 2 aromatic rings. The van der Waals surface area contributed by atoms with Gasteiger partial charge < -0.3 is 25.2 Å². The summed E-state index contributed by atoms with van der Waals surface area (Å²) in [5, 5.41) is 15.0. The van der Waals surface area contributed by atoms with Gasteiger partial charge in [-0.3, -0.25) is 14.4 Å². The van der Waals surface area contributed by atoms with Crippen LogP contribution in [0.3, 0.4) is 0 Å². The Hall–Kier alpha value is -3.46. The number of aliphatic carboxylic acids is 1. The predicted octanol–water partition coefficient (Wildman–Crippen LogP) is 4.04. The third-order valence-electron chi connectivity index (χ3n) is 5.26. The summed E-state index contributed by atoms with van der Waals surface area (Å²) in [5.74, 6) is -1.44. The molecule has 3 rings (SSSR count). The highest BCUT2D eigenvalue weighted by molar-refractivity contribution is 8.00. The van der Waals surface area contributed by atoms with Crippen molar-refractivity contribution in [2.45, 2.75) is 17.7 Å². The summed E-state index contributed by atoms with van der Waals surface area (Å²) in [6, 6.07) is 12.2. The molecule has 0 spiro atoms. The molecular formula is C24H26N2O6S. The summed E-state index contributed by atoms with van der Waals surface area (Å²) in [7, 11) is 3.08. The Balaban J connectivity index is 1.52. The van der Waals surface area contributed by atoms with E-state index in [0.29, 0.717) is 35.7 Å². The van der Waals surface area contributed by atoms with Crippen LogP contribution in [0.4, 0.5) is 11.4 Å². The summed E-state index contributed by atoms with van der Waals surface area (Å²) in [6.07, 6.45) is 4.41. The van der Waals surface area contributed by atoms with Crippen molar-refractivity contribution in [3.05, 3.63) is 54.6 Å². The molecule has 2 atom stereocenters. The van der Waals surface area contributed by atoms with Crippen molar-refractivity contribution in [1.82, 2.24) is 0 Å². The maximum absolute atomic E-state index is 12.6. The Labute approximate surface area is 196 Å². The molecule has 1 aliphatic carbocycles. The second-order valence-electron chi connectivity index (χ2n) is 7.41. The first-order valence-electron chi connectivity index (χ1n) is 10.3. The molecular weight excluding hydrogens is 444 g/mol. The maximum atomic E-state index is 12.6. The molecule has 174 valence electrons. The molecule has 0 saturated heterocycles. The van der Waals surface area contributed by atoms with Gasteiger partial charge in [0.1, 0.15) is 11.5 Å². The Morgan fingerprint density at radius 2 is 1.67 bits per heavy atom. The number of rotatable bonds is 9. The Morgan fingerprint density at radius 3 is 2.30 bits per heavy atom. The van der Waals surface area contributed by atoms with Crippen LogP contribution in [0.15, 0.2) is 59.5 Å². The molecule has 0 heterocycles. The molecule has 3 N–H and O–H groups in total. The standard InChI is InChI=1S/C24H26N2O6S/c1-31-16-9-12-20(21(13-16)32-2)26-22(27)14-33-17-10-7-15(8-11-17)25-23(28)18-5-3-4-6-19(18)24(29)30/h3-4,7-13,18-19H,5-6,14H2,1-2H3,(H,25,28)(H,26,27)(H,29,30). The highest BCUT2D eigenvalue weighted by Crippen LogP contribution is 2.30. The van der Waals surface area contributed by atoms with E-state index in [1.165, 1.54) is 18.9 Å². The minimum atomic E-state index is -0.961. The zero-order valence-electron chi connectivity index (χ0n) is 18.4. The van der Waals surface area contributed by atoms with E-state index in [4.69, 9.17) is 9.47 Å². The van der Waals surface area contributed by atoms with E-state index < -0.39 is 17.8 Å². The van der Waals surface area contributed by atoms with Gasteiger partial charge in [0.15, 0.2) is 0 Å². The summed E-state index contributed by atoms with van der Waals surface area (Å²) in [6.45, 7) is 0. The molecule has 0 aliphatic heterocycles. The Bertz CT molecular complexity index is 1040. The number of carbonyl (C=O) groups excluding carboxylic acids is 2. The van der Waals surface area contributed by atoms with Crippen LogP contribution in [0.1, 0.15) is 12.8 Å². The first kappa shape index (κ1) is 24.2.